The van der Waals surface area contributed by atoms with Crippen LogP contribution in [0.1, 0.15) is 63.5 Å². The van der Waals surface area contributed by atoms with Crippen LogP contribution >= 0.6 is 47.8 Å². The number of hydrogen-bond acceptors (Lipinski definition) is 8. The zero-order chi connectivity index (χ0) is 31.9. The Labute approximate surface area is 276 Å². The average Bonchev–Trinajstić information content (AvgIpc) is 2.92. The van der Waals surface area contributed by atoms with Gasteiger partial charge in [0.25, 0.3) is 6.02 Å². The minimum absolute atomic E-state index is 0.130. The van der Waals surface area contributed by atoms with Gasteiger partial charge in [0, 0.05) is 74.0 Å². The van der Waals surface area contributed by atoms with Crippen LogP contribution in [0.3, 0.4) is 0 Å². The zero-order valence-corrected chi connectivity index (χ0v) is 28.9. The molecule has 1 spiro atoms. The minimum Gasteiger partial charge on any atom is -0.459 e. The van der Waals surface area contributed by atoms with E-state index in [0.29, 0.717) is 63.2 Å². The molecular weight excluding hydrogens is 758 g/mol. The van der Waals surface area contributed by atoms with Gasteiger partial charge >= 0.3 is 0 Å². The minimum atomic E-state index is -0.917. The van der Waals surface area contributed by atoms with Gasteiger partial charge in [0.1, 0.15) is 22.2 Å². The van der Waals surface area contributed by atoms with Gasteiger partial charge in [-0.05, 0) is 69.5 Å². The molecule has 0 aliphatic carbocycles. The molecule has 236 valence electrons. The third-order valence-electron chi connectivity index (χ3n) is 7.92. The lowest BCUT2D eigenvalue weighted by Crippen LogP contribution is -2.51. The molecule has 5 N–H and O–H groups in total. The van der Waals surface area contributed by atoms with E-state index in [-0.39, 0.29) is 17.7 Å². The van der Waals surface area contributed by atoms with Gasteiger partial charge in [-0.15, -0.1) is 0 Å². The van der Waals surface area contributed by atoms with Gasteiger partial charge in [-0.3, -0.25) is 0 Å². The lowest BCUT2D eigenvalue weighted by Gasteiger charge is -2.45. The second-order valence-corrected chi connectivity index (χ2v) is 13.7. The van der Waals surface area contributed by atoms with Crippen LogP contribution in [0.5, 0.6) is 0 Å². The monoisotopic (exact) mass is 792 g/mol. The van der Waals surface area contributed by atoms with E-state index in [2.05, 4.69) is 52.8 Å². The van der Waals surface area contributed by atoms with E-state index in [9.17, 15) is 13.9 Å². The topological polar surface area (TPSA) is 136 Å². The molecular formula is C30H37Br3F2N4O4. The Hall–Kier alpha value is -1.66. The molecule has 0 bridgehead atoms. The molecule has 13 heteroatoms. The van der Waals surface area contributed by atoms with Crippen LogP contribution < -0.4 is 11.5 Å². The number of nitriles is 1. The fourth-order valence-electron chi connectivity index (χ4n) is 5.92. The molecule has 3 heterocycles. The maximum Gasteiger partial charge on any atom is 0.283 e. The summed E-state index contributed by atoms with van der Waals surface area (Å²) in [5.74, 6) is -0.620. The fraction of sp³-hybridized carbons (Fsp3) is 0.533. The SMILES string of the molecule is CC(N)(CC1(O)CCOCC1)c1cc(Br)ccc1F.CC1(c2cc(Br)ccc2F)CC2(CCOCC2)OC(N)=N1.N#CBr. The molecule has 2 saturated heterocycles. The van der Waals surface area contributed by atoms with E-state index in [0.717, 1.165) is 21.8 Å². The molecule has 2 aromatic carbocycles. The predicted octanol–water partition coefficient (Wildman–Crippen LogP) is 6.64. The Morgan fingerprint density at radius 3 is 2.09 bits per heavy atom. The summed E-state index contributed by atoms with van der Waals surface area (Å²) in [4.78, 5) is 5.97. The molecule has 0 saturated carbocycles. The number of ether oxygens (including phenoxy) is 3. The van der Waals surface area contributed by atoms with Gasteiger partial charge in [-0.2, -0.15) is 5.26 Å². The van der Waals surface area contributed by atoms with Crippen LogP contribution in [0.2, 0.25) is 0 Å². The summed E-state index contributed by atoms with van der Waals surface area (Å²) in [5.41, 5.74) is 10.2. The highest BCUT2D eigenvalue weighted by Crippen LogP contribution is 2.44. The summed E-state index contributed by atoms with van der Waals surface area (Å²) in [6.07, 6.45) is 3.47. The lowest BCUT2D eigenvalue weighted by molar-refractivity contribution is -0.0798. The highest BCUT2D eigenvalue weighted by atomic mass is 79.9. The number of nitrogens with zero attached hydrogens (tertiary/aromatic N) is 2. The first-order chi connectivity index (χ1) is 20.2. The summed E-state index contributed by atoms with van der Waals surface area (Å²) in [6, 6.07) is 9.73. The van der Waals surface area contributed by atoms with Crippen molar-refractivity contribution in [2.75, 3.05) is 26.4 Å². The number of nitrogens with two attached hydrogens (primary N) is 2. The van der Waals surface area contributed by atoms with Gasteiger partial charge in [-0.25, -0.2) is 13.8 Å². The molecule has 5 rings (SSSR count). The number of rotatable bonds is 4. The molecule has 0 amide bonds. The number of amidine groups is 1. The summed E-state index contributed by atoms with van der Waals surface area (Å²) in [5, 5.41) is 17.8. The van der Waals surface area contributed by atoms with Crippen molar-refractivity contribution in [3.63, 3.8) is 0 Å². The van der Waals surface area contributed by atoms with Crippen molar-refractivity contribution in [3.05, 3.63) is 68.1 Å². The van der Waals surface area contributed by atoms with Gasteiger partial charge in [0.2, 0.25) is 0 Å². The Balaban J connectivity index is 0.000000217. The highest BCUT2D eigenvalue weighted by Gasteiger charge is 2.47. The molecule has 43 heavy (non-hydrogen) atoms. The largest absolute Gasteiger partial charge is 0.459 e. The van der Waals surface area contributed by atoms with Crippen LogP contribution in [-0.4, -0.2) is 48.8 Å². The average molecular weight is 795 g/mol. The fourth-order valence-corrected chi connectivity index (χ4v) is 6.64. The Kier molecular flexibility index (Phi) is 12.6. The van der Waals surface area contributed by atoms with E-state index in [1.807, 2.05) is 6.92 Å². The van der Waals surface area contributed by atoms with Crippen LogP contribution in [0.4, 0.5) is 8.78 Å². The summed E-state index contributed by atoms with van der Waals surface area (Å²) in [7, 11) is 0. The van der Waals surface area contributed by atoms with Crippen molar-refractivity contribution in [2.45, 2.75) is 74.7 Å². The van der Waals surface area contributed by atoms with Gasteiger partial charge in [0.15, 0.2) is 0 Å². The number of halogens is 5. The number of aliphatic imine (C=N–C) groups is 1. The Morgan fingerprint density at radius 1 is 1.00 bits per heavy atom. The third-order valence-corrected chi connectivity index (χ3v) is 8.91. The molecule has 2 atom stereocenters. The van der Waals surface area contributed by atoms with E-state index < -0.39 is 22.3 Å². The molecule has 8 nitrogen and oxygen atoms in total. The van der Waals surface area contributed by atoms with Crippen molar-refractivity contribution < 1.29 is 28.1 Å². The van der Waals surface area contributed by atoms with Gasteiger partial charge in [0.05, 0.1) is 24.4 Å². The Morgan fingerprint density at radius 2 is 1.51 bits per heavy atom. The highest BCUT2D eigenvalue weighted by molar-refractivity contribution is 9.12. The maximum atomic E-state index is 14.3. The second kappa shape index (κ2) is 15.1. The molecule has 2 aromatic rings. The van der Waals surface area contributed by atoms with Crippen molar-refractivity contribution in [1.29, 1.82) is 5.26 Å². The third kappa shape index (κ3) is 9.66. The summed E-state index contributed by atoms with van der Waals surface area (Å²) in [6.45, 7) is 5.96. The molecule has 2 unspecified atom stereocenters. The van der Waals surface area contributed by atoms with Crippen LogP contribution in [-0.2, 0) is 25.3 Å². The van der Waals surface area contributed by atoms with Gasteiger partial charge in [-0.1, -0.05) is 31.9 Å². The molecule has 0 radical (unpaired) electrons. The summed E-state index contributed by atoms with van der Waals surface area (Å²) >= 11 is 9.17. The van der Waals surface area contributed by atoms with Gasteiger partial charge < -0.3 is 30.8 Å². The van der Waals surface area contributed by atoms with Crippen LogP contribution in [0, 0.1) is 21.9 Å². The molecule has 0 aromatic heterocycles. The predicted molar refractivity (Wildman–Crippen MR) is 171 cm³/mol. The molecule has 2 fully saturated rings. The number of benzene rings is 2. The van der Waals surface area contributed by atoms with Crippen molar-refractivity contribution >= 4 is 53.8 Å². The van der Waals surface area contributed by atoms with E-state index in [4.69, 9.17) is 30.9 Å². The van der Waals surface area contributed by atoms with E-state index in [1.54, 1.807) is 36.2 Å². The quantitative estimate of drug-likeness (QED) is 0.316. The number of aliphatic hydroxyl groups is 1. The van der Waals surface area contributed by atoms with Crippen molar-refractivity contribution in [1.82, 2.24) is 0 Å². The first-order valence-corrected chi connectivity index (χ1v) is 16.2. The normalized spacial score (nSPS) is 23.6. The number of hydrogen-bond donors (Lipinski definition) is 3. The zero-order valence-electron chi connectivity index (χ0n) is 24.1. The maximum absolute atomic E-state index is 14.3. The van der Waals surface area contributed by atoms with E-state index >= 15 is 0 Å². The lowest BCUT2D eigenvalue weighted by atomic mass is 9.76. The first kappa shape index (κ1) is 35.8. The van der Waals surface area contributed by atoms with Crippen molar-refractivity contribution in [3.8, 4) is 4.98 Å². The first-order valence-electron chi connectivity index (χ1n) is 13.8. The smallest absolute Gasteiger partial charge is 0.283 e. The van der Waals surface area contributed by atoms with E-state index in [1.165, 1.54) is 12.1 Å². The molecule has 3 aliphatic rings. The second-order valence-electron chi connectivity index (χ2n) is 11.6. The van der Waals surface area contributed by atoms with Crippen LogP contribution in [0.25, 0.3) is 0 Å². The van der Waals surface area contributed by atoms with Crippen LogP contribution in [0.15, 0.2) is 50.3 Å². The summed E-state index contributed by atoms with van der Waals surface area (Å²) < 4.78 is 46.3. The molecule has 3 aliphatic heterocycles. The standard InChI is InChI=1S/C15H18BrFN2O2.C14H19BrFNO2.CBrN/c1-14(11-8-10(16)2-3-12(11)17)9-15(21-13(18)19-14)4-6-20-7-5-15;1-13(17,9-14(18)4-6-19-7-5-14)11-8-10(15)2-3-12(11)16;2-1-3/h2-3,8H,4-7,9H2,1H3,(H2,18,19);2-3,8,18H,4-7,9,17H2,1H3;. The Bertz CT molecular complexity index is 1330. The van der Waals surface area contributed by atoms with Crippen molar-refractivity contribution in [2.24, 2.45) is 16.5 Å².